The first-order valence-corrected chi connectivity index (χ1v) is 11.3. The van der Waals surface area contributed by atoms with E-state index in [0.717, 1.165) is 5.56 Å². The first kappa shape index (κ1) is 21.6. The molecule has 0 fully saturated rings. The molecule has 0 unspecified atom stereocenters. The highest BCUT2D eigenvalue weighted by molar-refractivity contribution is 7.89. The zero-order valence-electron chi connectivity index (χ0n) is 16.2. The predicted octanol–water partition coefficient (Wildman–Crippen LogP) is 3.16. The van der Waals surface area contributed by atoms with Crippen LogP contribution in [-0.4, -0.2) is 50.2 Å². The van der Waals surface area contributed by atoms with Crippen molar-refractivity contribution in [1.29, 1.82) is 0 Å². The summed E-state index contributed by atoms with van der Waals surface area (Å²) in [6, 6.07) is 6.88. The Hall–Kier alpha value is -1.74. The van der Waals surface area contributed by atoms with Crippen molar-refractivity contribution >= 4 is 33.0 Å². The number of aryl methyl sites for hydroxylation is 1. The molecule has 0 spiro atoms. The van der Waals surface area contributed by atoms with Crippen LogP contribution in [0.5, 0.6) is 0 Å². The van der Waals surface area contributed by atoms with Crippen LogP contribution in [0, 0.1) is 6.92 Å². The van der Waals surface area contributed by atoms with E-state index >= 15 is 0 Å². The van der Waals surface area contributed by atoms with E-state index in [1.807, 2.05) is 30.3 Å². The fraction of sp³-hybridized carbons (Fsp3) is 0.421. The summed E-state index contributed by atoms with van der Waals surface area (Å²) in [5.41, 5.74) is 2.51. The standard InChI is InChI=1S/C19H27N3O3S2/c1-5-22(6-2)27(24,25)17-8-7-15(3)18(11-17)20-19(23)13-21(4)12-16-9-10-26-14-16/h7-11,14H,5-6,12-13H2,1-4H3,(H,20,23). The molecule has 1 aromatic carbocycles. The zero-order chi connectivity index (χ0) is 20.0. The molecule has 0 aliphatic carbocycles. The first-order chi connectivity index (χ1) is 12.8. The molecule has 27 heavy (non-hydrogen) atoms. The number of anilines is 1. The predicted molar refractivity (Wildman–Crippen MR) is 111 cm³/mol. The van der Waals surface area contributed by atoms with Crippen molar-refractivity contribution in [3.63, 3.8) is 0 Å². The highest BCUT2D eigenvalue weighted by atomic mass is 32.2. The molecule has 0 aliphatic heterocycles. The Labute approximate surface area is 165 Å². The van der Waals surface area contributed by atoms with Gasteiger partial charge in [-0.25, -0.2) is 8.42 Å². The molecule has 8 heteroatoms. The molecule has 1 aromatic heterocycles. The Morgan fingerprint density at radius 3 is 2.48 bits per heavy atom. The monoisotopic (exact) mass is 409 g/mol. The van der Waals surface area contributed by atoms with Gasteiger partial charge in [-0.05, 0) is 54.1 Å². The summed E-state index contributed by atoms with van der Waals surface area (Å²) < 4.78 is 26.8. The topological polar surface area (TPSA) is 69.7 Å². The van der Waals surface area contributed by atoms with Gasteiger partial charge in [-0.2, -0.15) is 15.6 Å². The molecule has 2 rings (SSSR count). The number of nitrogens with zero attached hydrogens (tertiary/aromatic N) is 2. The molecule has 0 saturated carbocycles. The molecule has 148 valence electrons. The van der Waals surface area contributed by atoms with Crippen LogP contribution < -0.4 is 5.32 Å². The van der Waals surface area contributed by atoms with Gasteiger partial charge >= 0.3 is 0 Å². The van der Waals surface area contributed by atoms with Gasteiger partial charge in [-0.15, -0.1) is 0 Å². The Balaban J connectivity index is 2.10. The molecule has 0 aliphatic rings. The molecular formula is C19H27N3O3S2. The molecule has 6 nitrogen and oxygen atoms in total. The number of likely N-dealkylation sites (N-methyl/N-ethyl adjacent to an activating group) is 1. The van der Waals surface area contributed by atoms with Gasteiger partial charge in [0.25, 0.3) is 0 Å². The highest BCUT2D eigenvalue weighted by Gasteiger charge is 2.22. The number of amides is 1. The first-order valence-electron chi connectivity index (χ1n) is 8.88. The van der Waals surface area contributed by atoms with E-state index in [1.54, 1.807) is 43.4 Å². The fourth-order valence-corrected chi connectivity index (χ4v) is 4.94. The summed E-state index contributed by atoms with van der Waals surface area (Å²) >= 11 is 1.63. The van der Waals surface area contributed by atoms with E-state index in [0.29, 0.717) is 25.3 Å². The lowest BCUT2D eigenvalue weighted by Gasteiger charge is -2.20. The van der Waals surface area contributed by atoms with Gasteiger partial charge in [0.15, 0.2) is 0 Å². The quantitative estimate of drug-likeness (QED) is 0.691. The van der Waals surface area contributed by atoms with Crippen molar-refractivity contribution in [2.24, 2.45) is 0 Å². The summed E-state index contributed by atoms with van der Waals surface area (Å²) in [6.45, 7) is 7.18. The van der Waals surface area contributed by atoms with E-state index in [4.69, 9.17) is 0 Å². The Morgan fingerprint density at radius 1 is 1.19 bits per heavy atom. The number of rotatable bonds is 9. The van der Waals surface area contributed by atoms with E-state index < -0.39 is 10.0 Å². The van der Waals surface area contributed by atoms with Crippen LogP contribution in [0.1, 0.15) is 25.0 Å². The molecule has 0 radical (unpaired) electrons. The normalized spacial score (nSPS) is 11.9. The maximum absolute atomic E-state index is 12.7. The molecule has 1 N–H and O–H groups in total. The fourth-order valence-electron chi connectivity index (χ4n) is 2.79. The number of hydrogen-bond donors (Lipinski definition) is 1. The van der Waals surface area contributed by atoms with Crippen LogP contribution >= 0.6 is 11.3 Å². The van der Waals surface area contributed by atoms with Crippen LogP contribution in [0.2, 0.25) is 0 Å². The summed E-state index contributed by atoms with van der Waals surface area (Å²) in [4.78, 5) is 14.5. The number of benzene rings is 1. The Morgan fingerprint density at radius 2 is 1.89 bits per heavy atom. The summed E-state index contributed by atoms with van der Waals surface area (Å²) in [6.07, 6.45) is 0. The SMILES string of the molecule is CCN(CC)S(=O)(=O)c1ccc(C)c(NC(=O)CN(C)Cc2ccsc2)c1. The third-order valence-corrected chi connectivity index (χ3v) is 7.05. The molecule has 1 amide bonds. The molecular weight excluding hydrogens is 382 g/mol. The van der Waals surface area contributed by atoms with Gasteiger partial charge in [0.05, 0.1) is 11.4 Å². The van der Waals surface area contributed by atoms with Crippen LogP contribution in [-0.2, 0) is 21.4 Å². The minimum absolute atomic E-state index is 0.173. The average Bonchev–Trinajstić information content (AvgIpc) is 3.10. The number of thiophene rings is 1. The lowest BCUT2D eigenvalue weighted by atomic mass is 10.2. The third kappa shape index (κ3) is 5.62. The maximum Gasteiger partial charge on any atom is 0.243 e. The van der Waals surface area contributed by atoms with E-state index in [-0.39, 0.29) is 17.3 Å². The minimum atomic E-state index is -3.56. The lowest BCUT2D eigenvalue weighted by molar-refractivity contribution is -0.117. The smallest absolute Gasteiger partial charge is 0.243 e. The number of carbonyl (C=O) groups excluding carboxylic acids is 1. The van der Waals surface area contributed by atoms with Crippen molar-refractivity contribution in [3.8, 4) is 0 Å². The van der Waals surface area contributed by atoms with Gasteiger partial charge in [0.1, 0.15) is 0 Å². The average molecular weight is 410 g/mol. The molecule has 0 atom stereocenters. The molecule has 2 aromatic rings. The zero-order valence-corrected chi connectivity index (χ0v) is 17.9. The van der Waals surface area contributed by atoms with E-state index in [1.165, 1.54) is 9.87 Å². The summed E-state index contributed by atoms with van der Waals surface area (Å²) in [5.74, 6) is -0.173. The van der Waals surface area contributed by atoms with Crippen LogP contribution in [0.25, 0.3) is 0 Å². The number of sulfonamides is 1. The highest BCUT2D eigenvalue weighted by Crippen LogP contribution is 2.23. The van der Waals surface area contributed by atoms with Crippen LogP contribution in [0.4, 0.5) is 5.69 Å². The van der Waals surface area contributed by atoms with Crippen molar-refractivity contribution in [2.45, 2.75) is 32.2 Å². The summed E-state index contributed by atoms with van der Waals surface area (Å²) in [7, 11) is -1.68. The maximum atomic E-state index is 12.7. The van der Waals surface area contributed by atoms with Gasteiger partial charge in [0.2, 0.25) is 15.9 Å². The minimum Gasteiger partial charge on any atom is -0.325 e. The second-order valence-corrected chi connectivity index (χ2v) is 9.14. The largest absolute Gasteiger partial charge is 0.325 e. The number of nitrogens with one attached hydrogen (secondary N) is 1. The van der Waals surface area contributed by atoms with Crippen molar-refractivity contribution in [1.82, 2.24) is 9.21 Å². The van der Waals surface area contributed by atoms with Gasteiger partial charge < -0.3 is 5.32 Å². The Kier molecular flexibility index (Phi) is 7.55. The van der Waals surface area contributed by atoms with Gasteiger partial charge in [-0.1, -0.05) is 19.9 Å². The van der Waals surface area contributed by atoms with Gasteiger partial charge in [0, 0.05) is 25.3 Å². The molecule has 0 bridgehead atoms. The van der Waals surface area contributed by atoms with Crippen molar-refractivity contribution in [3.05, 3.63) is 46.2 Å². The number of carbonyl (C=O) groups is 1. The third-order valence-electron chi connectivity index (χ3n) is 4.27. The second kappa shape index (κ2) is 9.45. The van der Waals surface area contributed by atoms with Crippen LogP contribution in [0.3, 0.4) is 0 Å². The molecule has 0 saturated heterocycles. The Bertz CT molecular complexity index is 860. The van der Waals surface area contributed by atoms with Crippen molar-refractivity contribution < 1.29 is 13.2 Å². The van der Waals surface area contributed by atoms with Crippen molar-refractivity contribution in [2.75, 3.05) is 32.0 Å². The summed E-state index contributed by atoms with van der Waals surface area (Å²) in [5, 5.41) is 6.91. The lowest BCUT2D eigenvalue weighted by Crippen LogP contribution is -2.31. The van der Waals surface area contributed by atoms with E-state index in [9.17, 15) is 13.2 Å². The molecule has 1 heterocycles. The van der Waals surface area contributed by atoms with E-state index in [2.05, 4.69) is 10.7 Å². The second-order valence-electron chi connectivity index (χ2n) is 6.42. The van der Waals surface area contributed by atoms with Gasteiger partial charge in [-0.3, -0.25) is 9.69 Å². The van der Waals surface area contributed by atoms with Crippen LogP contribution in [0.15, 0.2) is 39.9 Å². The number of hydrogen-bond acceptors (Lipinski definition) is 5.